The number of nitro benzene ring substituents is 1. The van der Waals surface area contributed by atoms with E-state index in [9.17, 15) is 14.9 Å². The summed E-state index contributed by atoms with van der Waals surface area (Å²) in [5, 5.41) is 11.1. The normalized spacial score (nSPS) is 19.2. The number of benzene rings is 1. The van der Waals surface area contributed by atoms with E-state index in [4.69, 9.17) is 5.73 Å². The van der Waals surface area contributed by atoms with Crippen molar-refractivity contribution in [1.82, 2.24) is 4.90 Å². The predicted molar refractivity (Wildman–Crippen MR) is 75.3 cm³/mol. The van der Waals surface area contributed by atoms with Crippen molar-refractivity contribution in [3.05, 3.63) is 33.9 Å². The molecule has 1 aromatic rings. The molecule has 0 aliphatic carbocycles. The largest absolute Gasteiger partial charge is 0.398 e. The lowest BCUT2D eigenvalue weighted by molar-refractivity contribution is -0.384. The molecule has 1 aromatic carbocycles. The Bertz CT molecular complexity index is 521. The molecule has 7 heteroatoms. The molecular weight excluding hydrogens is 266 g/mol. The van der Waals surface area contributed by atoms with E-state index in [1.807, 2.05) is 11.8 Å². The minimum absolute atomic E-state index is 0.114. The van der Waals surface area contributed by atoms with Gasteiger partial charge < -0.3 is 10.6 Å². The number of amides is 1. The van der Waals surface area contributed by atoms with Gasteiger partial charge in [0, 0.05) is 41.9 Å². The van der Waals surface area contributed by atoms with Crippen LogP contribution in [-0.2, 0) is 0 Å². The fraction of sp³-hybridized carbons (Fsp3) is 0.417. The zero-order valence-electron chi connectivity index (χ0n) is 10.5. The Morgan fingerprint density at radius 2 is 2.32 bits per heavy atom. The van der Waals surface area contributed by atoms with Crippen LogP contribution in [0.15, 0.2) is 18.2 Å². The number of thioether (sulfide) groups is 1. The number of non-ortho nitro benzene ring substituents is 1. The van der Waals surface area contributed by atoms with Crippen molar-refractivity contribution >= 4 is 29.0 Å². The Balaban J connectivity index is 2.27. The van der Waals surface area contributed by atoms with Gasteiger partial charge in [0.05, 0.1) is 10.5 Å². The van der Waals surface area contributed by atoms with Gasteiger partial charge >= 0.3 is 0 Å². The van der Waals surface area contributed by atoms with Crippen LogP contribution in [0, 0.1) is 10.1 Å². The Hall–Kier alpha value is -1.76. The molecule has 1 heterocycles. The molecule has 102 valence electrons. The fourth-order valence-corrected chi connectivity index (χ4v) is 3.03. The zero-order chi connectivity index (χ0) is 14.0. The monoisotopic (exact) mass is 281 g/mol. The van der Waals surface area contributed by atoms with Gasteiger partial charge in [0.15, 0.2) is 0 Å². The molecule has 1 fully saturated rings. The molecule has 1 aliphatic rings. The summed E-state index contributed by atoms with van der Waals surface area (Å²) in [5.74, 6) is 0.648. The van der Waals surface area contributed by atoms with Crippen LogP contribution in [0.5, 0.6) is 0 Å². The third-order valence-corrected chi connectivity index (χ3v) is 4.14. The number of carbonyl (C=O) groups excluding carboxylic acids is 1. The highest BCUT2D eigenvalue weighted by molar-refractivity contribution is 7.99. The van der Waals surface area contributed by atoms with Gasteiger partial charge in [0.25, 0.3) is 11.6 Å². The number of carbonyl (C=O) groups is 1. The summed E-state index contributed by atoms with van der Waals surface area (Å²) in [7, 11) is 0. The third kappa shape index (κ3) is 2.98. The minimum atomic E-state index is -0.523. The van der Waals surface area contributed by atoms with E-state index in [-0.39, 0.29) is 22.8 Å². The molecular formula is C12H15N3O3S. The van der Waals surface area contributed by atoms with Crippen LogP contribution < -0.4 is 5.73 Å². The highest BCUT2D eigenvalue weighted by Gasteiger charge is 2.25. The Morgan fingerprint density at radius 1 is 1.58 bits per heavy atom. The summed E-state index contributed by atoms with van der Waals surface area (Å²) in [6.07, 6.45) is 0. The maximum atomic E-state index is 12.4. The van der Waals surface area contributed by atoms with E-state index >= 15 is 0 Å². The molecule has 0 saturated carbocycles. The van der Waals surface area contributed by atoms with E-state index in [2.05, 4.69) is 6.92 Å². The number of anilines is 1. The fourth-order valence-electron chi connectivity index (χ4n) is 2.02. The van der Waals surface area contributed by atoms with Crippen LogP contribution in [-0.4, -0.2) is 39.8 Å². The highest BCUT2D eigenvalue weighted by atomic mass is 32.2. The number of nitro groups is 1. The van der Waals surface area contributed by atoms with E-state index < -0.39 is 4.92 Å². The molecule has 1 amide bonds. The third-order valence-electron chi connectivity index (χ3n) is 3.01. The predicted octanol–water partition coefficient (Wildman–Crippen LogP) is 1.75. The van der Waals surface area contributed by atoms with Gasteiger partial charge in [-0.15, -0.1) is 0 Å². The van der Waals surface area contributed by atoms with E-state index in [0.717, 1.165) is 5.75 Å². The smallest absolute Gasteiger partial charge is 0.270 e. The maximum absolute atomic E-state index is 12.4. The van der Waals surface area contributed by atoms with Crippen molar-refractivity contribution < 1.29 is 9.72 Å². The molecule has 0 radical (unpaired) electrons. The van der Waals surface area contributed by atoms with Crippen LogP contribution in [0.25, 0.3) is 0 Å². The Labute approximate surface area is 115 Å². The first-order valence-electron chi connectivity index (χ1n) is 5.94. The standard InChI is InChI=1S/C12H15N3O3S/c1-8-7-14(4-5-19-8)12(16)10-6-9(15(17)18)2-3-11(10)13/h2-3,6,8H,4-5,7,13H2,1H3. The van der Waals surface area contributed by atoms with Gasteiger partial charge in [-0.2, -0.15) is 11.8 Å². The van der Waals surface area contributed by atoms with Crippen LogP contribution in [0.1, 0.15) is 17.3 Å². The molecule has 0 bridgehead atoms. The van der Waals surface area contributed by atoms with Crippen molar-refractivity contribution in [3.8, 4) is 0 Å². The minimum Gasteiger partial charge on any atom is -0.398 e. The second kappa shape index (κ2) is 5.48. The van der Waals surface area contributed by atoms with E-state index in [1.165, 1.54) is 18.2 Å². The number of hydrogen-bond acceptors (Lipinski definition) is 5. The molecule has 2 N–H and O–H groups in total. The molecule has 0 spiro atoms. The summed E-state index contributed by atoms with van der Waals surface area (Å²) < 4.78 is 0. The first-order valence-corrected chi connectivity index (χ1v) is 6.98. The van der Waals surface area contributed by atoms with Crippen LogP contribution >= 0.6 is 11.8 Å². The van der Waals surface area contributed by atoms with E-state index in [0.29, 0.717) is 18.3 Å². The summed E-state index contributed by atoms with van der Waals surface area (Å²) in [6.45, 7) is 3.35. The van der Waals surface area contributed by atoms with Crippen LogP contribution in [0.3, 0.4) is 0 Å². The maximum Gasteiger partial charge on any atom is 0.270 e. The lowest BCUT2D eigenvalue weighted by Crippen LogP contribution is -2.41. The van der Waals surface area contributed by atoms with Gasteiger partial charge in [-0.1, -0.05) is 6.92 Å². The molecule has 19 heavy (non-hydrogen) atoms. The van der Waals surface area contributed by atoms with Gasteiger partial charge in [0.2, 0.25) is 0 Å². The van der Waals surface area contributed by atoms with Crippen LogP contribution in [0.2, 0.25) is 0 Å². The van der Waals surface area contributed by atoms with Crippen molar-refractivity contribution in [3.63, 3.8) is 0 Å². The quantitative estimate of drug-likeness (QED) is 0.507. The molecule has 1 unspecified atom stereocenters. The second-order valence-electron chi connectivity index (χ2n) is 4.46. The molecule has 1 aliphatic heterocycles. The molecule has 1 saturated heterocycles. The van der Waals surface area contributed by atoms with Crippen LogP contribution in [0.4, 0.5) is 11.4 Å². The van der Waals surface area contributed by atoms with Gasteiger partial charge in [0.1, 0.15) is 0 Å². The van der Waals surface area contributed by atoms with Gasteiger partial charge in [-0.25, -0.2) is 0 Å². The Morgan fingerprint density at radius 3 is 2.95 bits per heavy atom. The van der Waals surface area contributed by atoms with Crippen molar-refractivity contribution in [1.29, 1.82) is 0 Å². The lowest BCUT2D eigenvalue weighted by atomic mass is 10.1. The second-order valence-corrected chi connectivity index (χ2v) is 6.01. The average molecular weight is 281 g/mol. The first kappa shape index (κ1) is 13.7. The highest BCUT2D eigenvalue weighted by Crippen LogP contribution is 2.24. The lowest BCUT2D eigenvalue weighted by Gasteiger charge is -2.30. The summed E-state index contributed by atoms with van der Waals surface area (Å²) in [6, 6.07) is 3.97. The summed E-state index contributed by atoms with van der Waals surface area (Å²) in [5.41, 5.74) is 6.14. The van der Waals surface area contributed by atoms with E-state index in [1.54, 1.807) is 4.90 Å². The molecule has 2 rings (SSSR count). The summed E-state index contributed by atoms with van der Waals surface area (Å²) >= 11 is 1.81. The average Bonchev–Trinajstić information content (AvgIpc) is 2.38. The molecule has 0 aromatic heterocycles. The zero-order valence-corrected chi connectivity index (χ0v) is 11.4. The number of rotatable bonds is 2. The molecule has 6 nitrogen and oxygen atoms in total. The Kier molecular flexibility index (Phi) is 3.94. The number of hydrogen-bond donors (Lipinski definition) is 1. The number of nitrogens with zero attached hydrogens (tertiary/aromatic N) is 2. The van der Waals surface area contributed by atoms with Crippen molar-refractivity contribution in [2.75, 3.05) is 24.6 Å². The summed E-state index contributed by atoms with van der Waals surface area (Å²) in [4.78, 5) is 24.3. The topological polar surface area (TPSA) is 89.5 Å². The van der Waals surface area contributed by atoms with Crippen molar-refractivity contribution in [2.45, 2.75) is 12.2 Å². The van der Waals surface area contributed by atoms with Crippen molar-refractivity contribution in [2.24, 2.45) is 0 Å². The number of nitrogens with two attached hydrogens (primary N) is 1. The number of nitrogen functional groups attached to an aromatic ring is 1. The van der Waals surface area contributed by atoms with Gasteiger partial charge in [-0.3, -0.25) is 14.9 Å². The van der Waals surface area contributed by atoms with Gasteiger partial charge in [-0.05, 0) is 6.07 Å². The SMILES string of the molecule is CC1CN(C(=O)c2cc([N+](=O)[O-])ccc2N)CCS1. The molecule has 1 atom stereocenters. The first-order chi connectivity index (χ1) is 8.99.